The quantitative estimate of drug-likeness (QED) is 0.0712. The largest absolute Gasteiger partial charge is 0.508 e. The van der Waals surface area contributed by atoms with Crippen LogP contribution in [0.1, 0.15) is 52.0 Å². The number of benzene rings is 1. The topological polar surface area (TPSA) is 175 Å². The number of ether oxygens (including phenoxy) is 1. The van der Waals surface area contributed by atoms with Crippen molar-refractivity contribution in [3.8, 4) is 5.75 Å². The third kappa shape index (κ3) is 18.5. The molecule has 1 rings (SSSR count). The number of alkyl carbamates (subject to hydrolysis) is 1. The lowest BCUT2D eigenvalue weighted by Crippen LogP contribution is -2.51. The number of hydrogen-bond donors (Lipinski definition) is 6. The Morgan fingerprint density at radius 1 is 0.952 bits per heavy atom. The van der Waals surface area contributed by atoms with Crippen LogP contribution in [0.25, 0.3) is 0 Å². The molecule has 0 radical (unpaired) electrons. The van der Waals surface area contributed by atoms with Crippen molar-refractivity contribution in [3.63, 3.8) is 0 Å². The van der Waals surface area contributed by atoms with Gasteiger partial charge in [0.15, 0.2) is 0 Å². The number of rotatable bonds is 20. The van der Waals surface area contributed by atoms with Crippen LogP contribution < -0.4 is 26.6 Å². The zero-order valence-electron chi connectivity index (χ0n) is 24.8. The second-order valence-electron chi connectivity index (χ2n) is 10.4. The van der Waals surface area contributed by atoms with Gasteiger partial charge in [-0.05, 0) is 64.8 Å². The molecule has 4 amide bonds. The fourth-order valence-corrected chi connectivity index (χ4v) is 5.45. The van der Waals surface area contributed by atoms with Crippen molar-refractivity contribution in [2.75, 3.05) is 38.2 Å². The number of nitrogens with one attached hydrogen (secondary N) is 5. The van der Waals surface area contributed by atoms with Crippen LogP contribution in [0.5, 0.6) is 5.75 Å². The Morgan fingerprint density at radius 2 is 1.64 bits per heavy atom. The average molecular weight is 628 g/mol. The minimum Gasteiger partial charge on any atom is -0.508 e. The molecule has 236 valence electrons. The summed E-state index contributed by atoms with van der Waals surface area (Å²) < 4.78 is 5.16. The van der Waals surface area contributed by atoms with E-state index in [2.05, 4.69) is 26.6 Å². The van der Waals surface area contributed by atoms with E-state index >= 15 is 0 Å². The van der Waals surface area contributed by atoms with Gasteiger partial charge in [0, 0.05) is 37.4 Å². The number of phenolic OH excluding ortho intramolecular Hbond substituents is 1. The molecule has 0 aromatic heterocycles. The molecule has 6 N–H and O–H groups in total. The number of unbranched alkanes of at least 4 members (excludes halogenated alkanes) is 1. The van der Waals surface area contributed by atoms with Gasteiger partial charge >= 0.3 is 6.09 Å². The van der Waals surface area contributed by atoms with E-state index in [9.17, 15) is 29.1 Å². The molecule has 1 aromatic carbocycles. The van der Waals surface area contributed by atoms with Crippen LogP contribution >= 0.6 is 21.6 Å². The van der Waals surface area contributed by atoms with Crippen LogP contribution in [-0.2, 0) is 30.3 Å². The van der Waals surface area contributed by atoms with Gasteiger partial charge in [-0.2, -0.15) is 0 Å². The average Bonchev–Trinajstić information content (AvgIpc) is 2.92. The van der Waals surface area contributed by atoms with E-state index in [-0.39, 0.29) is 31.0 Å². The number of carbonyl (C=O) groups excluding carboxylic acids is 5. The van der Waals surface area contributed by atoms with Crippen molar-refractivity contribution in [3.05, 3.63) is 29.8 Å². The molecule has 2 atom stereocenters. The molecule has 2 unspecified atom stereocenters. The summed E-state index contributed by atoms with van der Waals surface area (Å²) in [5, 5.41) is 23.1. The lowest BCUT2D eigenvalue weighted by molar-refractivity contribution is -0.130. The standard InChI is InChI=1S/C28H45N5O7S2/c1-28(2,3)40-27(39)30-13-6-5-7-21(19-34)32-25(37)18-31-26(38)23(17-20-8-10-22(35)11-9-20)33-24(36)12-15-41-42-16-14-29-4/h8-11,19,21,23,29,35H,5-7,12-18H2,1-4H3,(H,30,39)(H,31,38)(H,32,37)(H,33,36). The van der Waals surface area contributed by atoms with Crippen LogP contribution in [0.2, 0.25) is 0 Å². The van der Waals surface area contributed by atoms with Crippen molar-refractivity contribution < 1.29 is 33.8 Å². The minimum absolute atomic E-state index is 0.0808. The molecule has 0 heterocycles. The second-order valence-corrected chi connectivity index (χ2v) is 13.1. The van der Waals surface area contributed by atoms with Crippen LogP contribution in [0, 0.1) is 0 Å². The Hall–Kier alpha value is -2.97. The highest BCUT2D eigenvalue weighted by Gasteiger charge is 2.22. The van der Waals surface area contributed by atoms with E-state index in [1.54, 1.807) is 54.5 Å². The van der Waals surface area contributed by atoms with Gasteiger partial charge in [-0.25, -0.2) is 4.79 Å². The first-order chi connectivity index (χ1) is 19.9. The molecular weight excluding hydrogens is 582 g/mol. The van der Waals surface area contributed by atoms with Crippen molar-refractivity contribution in [1.82, 2.24) is 26.6 Å². The first-order valence-corrected chi connectivity index (χ1v) is 16.4. The fourth-order valence-electron chi connectivity index (χ4n) is 3.46. The Bertz CT molecular complexity index is 990. The molecule has 0 saturated heterocycles. The maximum absolute atomic E-state index is 13.0. The minimum atomic E-state index is -0.934. The van der Waals surface area contributed by atoms with E-state index in [1.165, 1.54) is 12.1 Å². The highest BCUT2D eigenvalue weighted by molar-refractivity contribution is 8.76. The first kappa shape index (κ1) is 37.1. The lowest BCUT2D eigenvalue weighted by Gasteiger charge is -2.20. The maximum atomic E-state index is 13.0. The lowest BCUT2D eigenvalue weighted by atomic mass is 10.0. The summed E-state index contributed by atoms with van der Waals surface area (Å²) in [7, 11) is 5.11. The van der Waals surface area contributed by atoms with Gasteiger partial charge in [0.25, 0.3) is 0 Å². The summed E-state index contributed by atoms with van der Waals surface area (Å²) in [4.78, 5) is 61.1. The second kappa shape index (κ2) is 20.8. The number of carbonyl (C=O) groups is 5. The molecule has 0 aliphatic carbocycles. The Morgan fingerprint density at radius 3 is 2.29 bits per heavy atom. The SMILES string of the molecule is CNCCSSCCC(=O)NC(Cc1ccc(O)cc1)C(=O)NCC(=O)NC(C=O)CCCCNC(=O)OC(C)(C)C. The molecule has 0 bridgehead atoms. The fraction of sp³-hybridized carbons (Fsp3) is 0.607. The zero-order chi connectivity index (χ0) is 31.4. The third-order valence-corrected chi connectivity index (χ3v) is 7.91. The third-order valence-electron chi connectivity index (χ3n) is 5.50. The Labute approximate surface area is 256 Å². The molecule has 12 nitrogen and oxygen atoms in total. The van der Waals surface area contributed by atoms with E-state index in [0.717, 1.165) is 17.9 Å². The molecule has 0 fully saturated rings. The van der Waals surface area contributed by atoms with Gasteiger partial charge in [-0.3, -0.25) is 14.4 Å². The van der Waals surface area contributed by atoms with E-state index < -0.39 is 35.6 Å². The van der Waals surface area contributed by atoms with Crippen LogP contribution in [0.15, 0.2) is 24.3 Å². The molecule has 0 spiro atoms. The predicted octanol–water partition coefficient (Wildman–Crippen LogP) is 1.91. The molecule has 42 heavy (non-hydrogen) atoms. The monoisotopic (exact) mass is 627 g/mol. The highest BCUT2D eigenvalue weighted by atomic mass is 33.1. The molecule has 0 saturated carbocycles. The van der Waals surface area contributed by atoms with Crippen molar-refractivity contribution in [2.24, 2.45) is 0 Å². The Balaban J connectivity index is 2.53. The first-order valence-electron chi connectivity index (χ1n) is 13.9. The highest BCUT2D eigenvalue weighted by Crippen LogP contribution is 2.21. The Kier molecular flexibility index (Phi) is 18.4. The predicted molar refractivity (Wildman–Crippen MR) is 166 cm³/mol. The molecule has 14 heteroatoms. The van der Waals surface area contributed by atoms with E-state index in [4.69, 9.17) is 4.74 Å². The van der Waals surface area contributed by atoms with Crippen molar-refractivity contribution in [2.45, 2.75) is 70.6 Å². The van der Waals surface area contributed by atoms with Crippen LogP contribution in [0.4, 0.5) is 4.79 Å². The number of hydrogen-bond acceptors (Lipinski definition) is 10. The van der Waals surface area contributed by atoms with Crippen molar-refractivity contribution in [1.29, 1.82) is 0 Å². The summed E-state index contributed by atoms with van der Waals surface area (Å²) in [5.41, 5.74) is 0.130. The summed E-state index contributed by atoms with van der Waals surface area (Å²) in [6, 6.07) is 4.61. The maximum Gasteiger partial charge on any atom is 0.407 e. The normalized spacial score (nSPS) is 12.5. The zero-order valence-corrected chi connectivity index (χ0v) is 26.5. The summed E-state index contributed by atoms with van der Waals surface area (Å²) in [6.07, 6.45) is 2.02. The smallest absolute Gasteiger partial charge is 0.407 e. The van der Waals surface area contributed by atoms with Gasteiger partial charge in [0.1, 0.15) is 23.7 Å². The van der Waals surface area contributed by atoms with E-state index in [0.29, 0.717) is 37.8 Å². The van der Waals surface area contributed by atoms with Gasteiger partial charge in [0.05, 0.1) is 12.6 Å². The van der Waals surface area contributed by atoms with Gasteiger partial charge in [-0.15, -0.1) is 0 Å². The number of aromatic hydroxyl groups is 1. The molecule has 0 aliphatic heterocycles. The van der Waals surface area contributed by atoms with Gasteiger partial charge in [0.2, 0.25) is 17.7 Å². The van der Waals surface area contributed by atoms with E-state index in [1.807, 2.05) is 7.05 Å². The molecule has 1 aromatic rings. The number of amides is 4. The van der Waals surface area contributed by atoms with Crippen LogP contribution in [0.3, 0.4) is 0 Å². The summed E-state index contributed by atoms with van der Waals surface area (Å²) in [5.74, 6) is 0.197. The molecule has 0 aliphatic rings. The number of aldehydes is 1. The number of phenols is 1. The van der Waals surface area contributed by atoms with Gasteiger partial charge in [-0.1, -0.05) is 33.7 Å². The van der Waals surface area contributed by atoms with Crippen LogP contribution in [-0.4, -0.2) is 91.1 Å². The van der Waals surface area contributed by atoms with Gasteiger partial charge < -0.3 is 41.2 Å². The van der Waals surface area contributed by atoms with Crippen molar-refractivity contribution >= 4 is 51.7 Å². The summed E-state index contributed by atoms with van der Waals surface area (Å²) in [6.45, 7) is 6.18. The molecular formula is C28H45N5O7S2. The summed E-state index contributed by atoms with van der Waals surface area (Å²) >= 11 is 0.